The molecule has 1 fully saturated rings. The SMILES string of the molecule is O=C(c1cnn(-c2cccc(Cl)c2)c1)N1CCNCC1. The fraction of sp³-hybridized carbons (Fsp3) is 0.286. The average molecular weight is 291 g/mol. The molecule has 6 heteroatoms. The molecule has 1 N–H and O–H groups in total. The van der Waals surface area contributed by atoms with Gasteiger partial charge in [-0.15, -0.1) is 0 Å². The molecule has 3 rings (SSSR count). The zero-order chi connectivity index (χ0) is 13.9. The normalized spacial score (nSPS) is 15.3. The summed E-state index contributed by atoms with van der Waals surface area (Å²) in [6, 6.07) is 7.38. The van der Waals surface area contributed by atoms with Crippen LogP contribution in [0.1, 0.15) is 10.4 Å². The lowest BCUT2D eigenvalue weighted by Gasteiger charge is -2.26. The molecule has 0 radical (unpaired) electrons. The van der Waals surface area contributed by atoms with E-state index in [1.54, 1.807) is 23.1 Å². The number of benzene rings is 1. The molecule has 1 amide bonds. The summed E-state index contributed by atoms with van der Waals surface area (Å²) in [4.78, 5) is 14.2. The maximum atomic E-state index is 12.3. The van der Waals surface area contributed by atoms with Gasteiger partial charge in [0.25, 0.3) is 5.91 Å². The van der Waals surface area contributed by atoms with Crippen LogP contribution in [0, 0.1) is 0 Å². The van der Waals surface area contributed by atoms with E-state index in [-0.39, 0.29) is 5.91 Å². The van der Waals surface area contributed by atoms with Crippen LogP contribution in [-0.4, -0.2) is 46.8 Å². The van der Waals surface area contributed by atoms with Crippen LogP contribution in [0.4, 0.5) is 0 Å². The Kier molecular flexibility index (Phi) is 3.71. The largest absolute Gasteiger partial charge is 0.336 e. The molecule has 1 aliphatic rings. The first kappa shape index (κ1) is 13.1. The molecule has 1 saturated heterocycles. The summed E-state index contributed by atoms with van der Waals surface area (Å²) in [6.45, 7) is 3.16. The minimum absolute atomic E-state index is 0.0276. The molecule has 2 heterocycles. The minimum Gasteiger partial charge on any atom is -0.336 e. The van der Waals surface area contributed by atoms with Crippen LogP contribution in [-0.2, 0) is 0 Å². The highest BCUT2D eigenvalue weighted by Gasteiger charge is 2.19. The number of rotatable bonds is 2. The molecule has 2 aromatic rings. The lowest BCUT2D eigenvalue weighted by molar-refractivity contribution is 0.0736. The predicted octanol–water partition coefficient (Wildman–Crippen LogP) is 1.57. The molecule has 0 unspecified atom stereocenters. The summed E-state index contributed by atoms with van der Waals surface area (Å²) < 4.78 is 1.67. The number of carbonyl (C=O) groups is 1. The van der Waals surface area contributed by atoms with Gasteiger partial charge in [0.15, 0.2) is 0 Å². The first-order valence-electron chi connectivity index (χ1n) is 6.54. The highest BCUT2D eigenvalue weighted by Crippen LogP contribution is 2.15. The van der Waals surface area contributed by atoms with Gasteiger partial charge in [0.1, 0.15) is 0 Å². The number of halogens is 1. The lowest BCUT2D eigenvalue weighted by atomic mass is 10.2. The maximum absolute atomic E-state index is 12.3. The van der Waals surface area contributed by atoms with Crippen molar-refractivity contribution in [1.82, 2.24) is 20.0 Å². The second kappa shape index (κ2) is 5.64. The number of nitrogens with zero attached hydrogens (tertiary/aromatic N) is 3. The van der Waals surface area contributed by atoms with E-state index in [0.717, 1.165) is 31.9 Å². The molecule has 5 nitrogen and oxygen atoms in total. The first-order chi connectivity index (χ1) is 9.74. The number of aromatic nitrogens is 2. The molecule has 0 saturated carbocycles. The Bertz CT molecular complexity index is 619. The van der Waals surface area contributed by atoms with Crippen LogP contribution in [0.5, 0.6) is 0 Å². The zero-order valence-electron chi connectivity index (χ0n) is 10.9. The van der Waals surface area contributed by atoms with Crippen LogP contribution >= 0.6 is 11.6 Å². The van der Waals surface area contributed by atoms with Gasteiger partial charge in [-0.05, 0) is 18.2 Å². The highest BCUT2D eigenvalue weighted by atomic mass is 35.5. The topological polar surface area (TPSA) is 50.2 Å². The fourth-order valence-corrected chi connectivity index (χ4v) is 2.43. The van der Waals surface area contributed by atoms with Gasteiger partial charge in [-0.1, -0.05) is 17.7 Å². The van der Waals surface area contributed by atoms with E-state index >= 15 is 0 Å². The van der Waals surface area contributed by atoms with Crippen molar-refractivity contribution >= 4 is 17.5 Å². The summed E-state index contributed by atoms with van der Waals surface area (Å²) in [5.41, 5.74) is 1.45. The minimum atomic E-state index is 0.0276. The van der Waals surface area contributed by atoms with Crippen LogP contribution in [0.15, 0.2) is 36.7 Å². The van der Waals surface area contributed by atoms with E-state index in [2.05, 4.69) is 10.4 Å². The quantitative estimate of drug-likeness (QED) is 0.913. The zero-order valence-corrected chi connectivity index (χ0v) is 11.7. The van der Waals surface area contributed by atoms with Gasteiger partial charge in [0.05, 0.1) is 17.4 Å². The van der Waals surface area contributed by atoms with Gasteiger partial charge < -0.3 is 10.2 Å². The number of nitrogens with one attached hydrogen (secondary N) is 1. The van der Waals surface area contributed by atoms with Crippen molar-refractivity contribution in [2.75, 3.05) is 26.2 Å². The van der Waals surface area contributed by atoms with Gasteiger partial charge in [-0.2, -0.15) is 5.10 Å². The van der Waals surface area contributed by atoms with E-state index in [4.69, 9.17) is 11.6 Å². The third-order valence-electron chi connectivity index (χ3n) is 3.31. The Morgan fingerprint density at radius 1 is 1.30 bits per heavy atom. The van der Waals surface area contributed by atoms with E-state index in [9.17, 15) is 4.79 Å². The van der Waals surface area contributed by atoms with E-state index in [1.807, 2.05) is 23.1 Å². The highest BCUT2D eigenvalue weighted by molar-refractivity contribution is 6.30. The standard InChI is InChI=1S/C14H15ClN4O/c15-12-2-1-3-13(8-12)19-10-11(9-17-19)14(20)18-6-4-16-5-7-18/h1-3,8-10,16H,4-7H2. The van der Waals surface area contributed by atoms with Crippen LogP contribution in [0.2, 0.25) is 5.02 Å². The molecule has 0 aliphatic carbocycles. The van der Waals surface area contributed by atoms with E-state index in [1.165, 1.54) is 0 Å². The van der Waals surface area contributed by atoms with Crippen molar-refractivity contribution in [3.05, 3.63) is 47.2 Å². The number of carbonyl (C=O) groups excluding carboxylic acids is 1. The van der Waals surface area contributed by atoms with Gasteiger partial charge in [-0.3, -0.25) is 4.79 Å². The summed E-state index contributed by atoms with van der Waals surface area (Å²) in [5.74, 6) is 0.0276. The summed E-state index contributed by atoms with van der Waals surface area (Å²) in [5, 5.41) is 8.11. The second-order valence-corrected chi connectivity index (χ2v) is 5.13. The van der Waals surface area contributed by atoms with Crippen LogP contribution in [0.3, 0.4) is 0 Å². The van der Waals surface area contributed by atoms with Crippen LogP contribution in [0.25, 0.3) is 5.69 Å². The van der Waals surface area contributed by atoms with Gasteiger partial charge in [0.2, 0.25) is 0 Å². The number of amides is 1. The van der Waals surface area contributed by atoms with E-state index in [0.29, 0.717) is 10.6 Å². The number of piperazine rings is 1. The van der Waals surface area contributed by atoms with Gasteiger partial charge in [-0.25, -0.2) is 4.68 Å². The van der Waals surface area contributed by atoms with Crippen molar-refractivity contribution in [3.8, 4) is 5.69 Å². The lowest BCUT2D eigenvalue weighted by Crippen LogP contribution is -2.46. The molecular weight excluding hydrogens is 276 g/mol. The molecule has 0 bridgehead atoms. The van der Waals surface area contributed by atoms with Crippen molar-refractivity contribution in [2.24, 2.45) is 0 Å². The molecule has 1 aliphatic heterocycles. The third-order valence-corrected chi connectivity index (χ3v) is 3.54. The Labute approximate surface area is 122 Å². The Hall–Kier alpha value is -1.85. The number of hydrogen-bond acceptors (Lipinski definition) is 3. The first-order valence-corrected chi connectivity index (χ1v) is 6.92. The molecule has 1 aromatic heterocycles. The summed E-state index contributed by atoms with van der Waals surface area (Å²) >= 11 is 5.96. The summed E-state index contributed by atoms with van der Waals surface area (Å²) in [7, 11) is 0. The van der Waals surface area contributed by atoms with Crippen molar-refractivity contribution in [1.29, 1.82) is 0 Å². The van der Waals surface area contributed by atoms with Crippen molar-refractivity contribution in [3.63, 3.8) is 0 Å². The Morgan fingerprint density at radius 2 is 2.10 bits per heavy atom. The third kappa shape index (κ3) is 2.69. The van der Waals surface area contributed by atoms with Gasteiger partial charge in [0, 0.05) is 37.4 Å². The molecular formula is C14H15ClN4O. The molecule has 0 atom stereocenters. The molecule has 1 aromatic carbocycles. The molecule has 20 heavy (non-hydrogen) atoms. The van der Waals surface area contributed by atoms with Crippen molar-refractivity contribution < 1.29 is 4.79 Å². The average Bonchev–Trinajstić information content (AvgIpc) is 2.97. The maximum Gasteiger partial charge on any atom is 0.257 e. The molecule has 104 valence electrons. The number of hydrogen-bond donors (Lipinski definition) is 1. The van der Waals surface area contributed by atoms with Crippen molar-refractivity contribution in [2.45, 2.75) is 0 Å². The predicted molar refractivity (Wildman–Crippen MR) is 77.3 cm³/mol. The summed E-state index contributed by atoms with van der Waals surface area (Å²) in [6.07, 6.45) is 3.35. The smallest absolute Gasteiger partial charge is 0.257 e. The monoisotopic (exact) mass is 290 g/mol. The Balaban J connectivity index is 1.81. The molecule has 0 spiro atoms. The Morgan fingerprint density at radius 3 is 2.85 bits per heavy atom. The van der Waals surface area contributed by atoms with Crippen LogP contribution < -0.4 is 5.32 Å². The van der Waals surface area contributed by atoms with Gasteiger partial charge >= 0.3 is 0 Å². The second-order valence-electron chi connectivity index (χ2n) is 4.70. The van der Waals surface area contributed by atoms with E-state index < -0.39 is 0 Å². The fourth-order valence-electron chi connectivity index (χ4n) is 2.24.